The highest BCUT2D eigenvalue weighted by molar-refractivity contribution is 7.89. The Labute approximate surface area is 185 Å². The molecular formula is C22H33N5O3S. The van der Waals surface area contributed by atoms with Crippen LogP contribution in [0.3, 0.4) is 0 Å². The Balaban J connectivity index is 1.40. The van der Waals surface area contributed by atoms with Crippen LogP contribution in [-0.4, -0.2) is 47.9 Å². The van der Waals surface area contributed by atoms with E-state index in [1.54, 1.807) is 18.5 Å². The van der Waals surface area contributed by atoms with Crippen molar-refractivity contribution in [3.63, 3.8) is 0 Å². The topological polar surface area (TPSA) is 96.3 Å². The monoisotopic (exact) mass is 447 g/mol. The number of aryl methyl sites for hydroxylation is 2. The molecule has 1 aromatic carbocycles. The van der Waals surface area contributed by atoms with Gasteiger partial charge in [-0.3, -0.25) is 9.69 Å². The van der Waals surface area contributed by atoms with Crippen LogP contribution in [0.5, 0.6) is 0 Å². The molecular weight excluding hydrogens is 414 g/mol. The van der Waals surface area contributed by atoms with Crippen molar-refractivity contribution in [3.8, 4) is 0 Å². The van der Waals surface area contributed by atoms with Crippen molar-refractivity contribution >= 4 is 15.9 Å². The SMILES string of the molecule is Cc1nc(S(=O)(=O)NCCC(=O)NCc2ccc(CN3CCCC[C@@H]3C)cc2)cn1C. The highest BCUT2D eigenvalue weighted by atomic mass is 32.2. The Bertz CT molecular complexity index is 966. The molecule has 0 saturated carbocycles. The van der Waals surface area contributed by atoms with Crippen LogP contribution in [0, 0.1) is 6.92 Å². The second-order valence-corrected chi connectivity index (χ2v) is 10.0. The maximum absolute atomic E-state index is 12.2. The predicted octanol–water partition coefficient (Wildman–Crippen LogP) is 2.09. The Morgan fingerprint density at radius 3 is 2.55 bits per heavy atom. The van der Waals surface area contributed by atoms with Crippen molar-refractivity contribution in [2.75, 3.05) is 13.1 Å². The number of nitrogens with zero attached hydrogens (tertiary/aromatic N) is 3. The number of nitrogens with one attached hydrogen (secondary N) is 2. The lowest BCUT2D eigenvalue weighted by molar-refractivity contribution is -0.121. The molecule has 1 aliphatic heterocycles. The van der Waals surface area contributed by atoms with Gasteiger partial charge in [-0.05, 0) is 44.4 Å². The lowest BCUT2D eigenvalue weighted by atomic mass is 10.0. The molecule has 2 aromatic rings. The Morgan fingerprint density at radius 2 is 1.90 bits per heavy atom. The number of hydrogen-bond donors (Lipinski definition) is 2. The standard InChI is InChI=1S/C22H33N5O3S/c1-17-6-4-5-13-27(17)15-20-9-7-19(8-10-20)14-23-21(28)11-12-24-31(29,30)22-16-26(3)18(2)25-22/h7-10,16-17,24H,4-6,11-15H2,1-3H3,(H,23,28)/t17-/m0/s1. The largest absolute Gasteiger partial charge is 0.352 e. The number of benzene rings is 1. The van der Waals surface area contributed by atoms with Crippen LogP contribution >= 0.6 is 0 Å². The molecule has 0 unspecified atom stereocenters. The fraction of sp³-hybridized carbons (Fsp3) is 0.545. The molecule has 3 rings (SSSR count). The van der Waals surface area contributed by atoms with Gasteiger partial charge in [-0.15, -0.1) is 0 Å². The summed E-state index contributed by atoms with van der Waals surface area (Å²) in [5.74, 6) is 0.403. The minimum atomic E-state index is -3.71. The van der Waals surface area contributed by atoms with Gasteiger partial charge in [0, 0.05) is 45.3 Å². The van der Waals surface area contributed by atoms with Crippen molar-refractivity contribution in [2.24, 2.45) is 7.05 Å². The molecule has 8 nitrogen and oxygen atoms in total. The van der Waals surface area contributed by atoms with E-state index >= 15 is 0 Å². The molecule has 0 radical (unpaired) electrons. The van der Waals surface area contributed by atoms with Gasteiger partial charge in [-0.25, -0.2) is 18.1 Å². The summed E-state index contributed by atoms with van der Waals surface area (Å²) in [6, 6.07) is 8.94. The van der Waals surface area contributed by atoms with E-state index in [2.05, 4.69) is 39.0 Å². The van der Waals surface area contributed by atoms with Gasteiger partial charge in [0.1, 0.15) is 5.82 Å². The number of carbonyl (C=O) groups excluding carboxylic acids is 1. The van der Waals surface area contributed by atoms with E-state index in [-0.39, 0.29) is 23.9 Å². The van der Waals surface area contributed by atoms with Gasteiger partial charge >= 0.3 is 0 Å². The van der Waals surface area contributed by atoms with Crippen molar-refractivity contribution in [1.82, 2.24) is 24.5 Å². The number of aromatic nitrogens is 2. The van der Waals surface area contributed by atoms with Gasteiger partial charge in [0.05, 0.1) is 0 Å². The zero-order chi connectivity index (χ0) is 22.4. The lowest BCUT2D eigenvalue weighted by Gasteiger charge is -2.33. The first-order valence-electron chi connectivity index (χ1n) is 10.8. The number of hydrogen-bond acceptors (Lipinski definition) is 5. The third-order valence-electron chi connectivity index (χ3n) is 5.84. The van der Waals surface area contributed by atoms with Crippen LogP contribution in [0.15, 0.2) is 35.5 Å². The summed E-state index contributed by atoms with van der Waals surface area (Å²) in [6.45, 7) is 6.59. The number of likely N-dealkylation sites (tertiary alicyclic amines) is 1. The Kier molecular flexibility index (Phi) is 7.85. The normalized spacial score (nSPS) is 17.6. The van der Waals surface area contributed by atoms with Gasteiger partial charge in [0.15, 0.2) is 5.03 Å². The molecule has 1 fully saturated rings. The van der Waals surface area contributed by atoms with Crippen LogP contribution in [0.25, 0.3) is 0 Å². The smallest absolute Gasteiger partial charge is 0.259 e. The lowest BCUT2D eigenvalue weighted by Crippen LogP contribution is -2.36. The fourth-order valence-corrected chi connectivity index (χ4v) is 4.78. The van der Waals surface area contributed by atoms with E-state index in [9.17, 15) is 13.2 Å². The second-order valence-electron chi connectivity index (χ2n) is 8.29. The van der Waals surface area contributed by atoms with Gasteiger partial charge in [-0.1, -0.05) is 30.7 Å². The van der Waals surface area contributed by atoms with Gasteiger partial charge in [-0.2, -0.15) is 0 Å². The van der Waals surface area contributed by atoms with Crippen LogP contribution in [0.4, 0.5) is 0 Å². The number of imidazole rings is 1. The zero-order valence-electron chi connectivity index (χ0n) is 18.6. The molecule has 0 bridgehead atoms. The molecule has 2 N–H and O–H groups in total. The molecule has 9 heteroatoms. The highest BCUT2D eigenvalue weighted by Crippen LogP contribution is 2.19. The molecule has 0 spiro atoms. The Morgan fingerprint density at radius 1 is 1.19 bits per heavy atom. The van der Waals surface area contributed by atoms with Gasteiger partial charge < -0.3 is 9.88 Å². The minimum absolute atomic E-state index is 0.0245. The molecule has 1 atom stereocenters. The summed E-state index contributed by atoms with van der Waals surface area (Å²) in [4.78, 5) is 18.6. The van der Waals surface area contributed by atoms with E-state index in [4.69, 9.17) is 0 Å². The first-order chi connectivity index (χ1) is 14.7. The van der Waals surface area contributed by atoms with E-state index in [1.807, 2.05) is 12.1 Å². The molecule has 0 aliphatic carbocycles. The summed E-state index contributed by atoms with van der Waals surface area (Å²) >= 11 is 0. The first-order valence-corrected chi connectivity index (χ1v) is 12.3. The number of carbonyl (C=O) groups is 1. The second kappa shape index (κ2) is 10.4. The third-order valence-corrected chi connectivity index (χ3v) is 7.18. The van der Waals surface area contributed by atoms with Gasteiger partial charge in [0.2, 0.25) is 5.91 Å². The van der Waals surface area contributed by atoms with Gasteiger partial charge in [0.25, 0.3) is 10.0 Å². The predicted molar refractivity (Wildman–Crippen MR) is 120 cm³/mol. The maximum atomic E-state index is 12.2. The van der Waals surface area contributed by atoms with Crippen molar-refractivity contribution in [3.05, 3.63) is 47.4 Å². The first kappa shape index (κ1) is 23.4. The summed E-state index contributed by atoms with van der Waals surface area (Å²) in [7, 11) is -1.98. The molecule has 1 saturated heterocycles. The average Bonchev–Trinajstić information content (AvgIpc) is 3.08. The third kappa shape index (κ3) is 6.62. The number of rotatable bonds is 9. The average molecular weight is 448 g/mol. The van der Waals surface area contributed by atoms with E-state index in [0.29, 0.717) is 18.4 Å². The minimum Gasteiger partial charge on any atom is -0.352 e. The number of amides is 1. The molecule has 31 heavy (non-hydrogen) atoms. The van der Waals surface area contributed by atoms with E-state index < -0.39 is 10.0 Å². The van der Waals surface area contributed by atoms with Crippen LogP contribution in [0.2, 0.25) is 0 Å². The summed E-state index contributed by atoms with van der Waals surface area (Å²) in [5.41, 5.74) is 2.30. The summed E-state index contributed by atoms with van der Waals surface area (Å²) < 4.78 is 28.5. The van der Waals surface area contributed by atoms with Crippen molar-refractivity contribution in [2.45, 2.75) is 63.7 Å². The molecule has 170 valence electrons. The molecule has 1 aliphatic rings. The van der Waals surface area contributed by atoms with E-state index in [1.165, 1.54) is 31.0 Å². The maximum Gasteiger partial charge on any atom is 0.259 e. The van der Waals surface area contributed by atoms with Crippen LogP contribution in [0.1, 0.15) is 49.6 Å². The highest BCUT2D eigenvalue weighted by Gasteiger charge is 2.19. The number of piperidine rings is 1. The van der Waals surface area contributed by atoms with Crippen LogP contribution in [-0.2, 0) is 35.0 Å². The van der Waals surface area contributed by atoms with E-state index in [0.717, 1.165) is 18.7 Å². The summed E-state index contributed by atoms with van der Waals surface area (Å²) in [5, 5.41) is 2.81. The fourth-order valence-electron chi connectivity index (χ4n) is 3.71. The molecule has 1 aromatic heterocycles. The Hall–Kier alpha value is -2.23. The van der Waals surface area contributed by atoms with Crippen LogP contribution < -0.4 is 10.0 Å². The molecule has 1 amide bonds. The van der Waals surface area contributed by atoms with Crippen molar-refractivity contribution < 1.29 is 13.2 Å². The molecule has 2 heterocycles. The van der Waals surface area contributed by atoms with Crippen molar-refractivity contribution in [1.29, 1.82) is 0 Å². The number of sulfonamides is 1. The summed E-state index contributed by atoms with van der Waals surface area (Å²) in [6.07, 6.45) is 5.37. The zero-order valence-corrected chi connectivity index (χ0v) is 19.4. The quantitative estimate of drug-likeness (QED) is 0.614.